The number of benzene rings is 2. The number of methoxy groups -OCH3 is 1. The van der Waals surface area contributed by atoms with Crippen molar-refractivity contribution in [2.24, 2.45) is 0 Å². The fourth-order valence-electron chi connectivity index (χ4n) is 2.78. The largest absolute Gasteiger partial charge is 0.501 e. The summed E-state index contributed by atoms with van der Waals surface area (Å²) in [7, 11) is 1.51. The van der Waals surface area contributed by atoms with Gasteiger partial charge in [0.15, 0.2) is 10.7 Å². The van der Waals surface area contributed by atoms with Gasteiger partial charge in [-0.25, -0.2) is 13.8 Å². The number of aromatic hydroxyl groups is 1. The first kappa shape index (κ1) is 17.9. The Kier molecular flexibility index (Phi) is 4.44. The summed E-state index contributed by atoms with van der Waals surface area (Å²) in [5.74, 6) is -1.26. The number of fused-ring (bicyclic) bond motifs is 3. The Balaban J connectivity index is 1.72. The predicted molar refractivity (Wildman–Crippen MR) is 103 cm³/mol. The number of carbonyl (C=O) groups excluding carboxylic acids is 1. The van der Waals surface area contributed by atoms with Crippen molar-refractivity contribution >= 4 is 32.4 Å². The van der Waals surface area contributed by atoms with Crippen LogP contribution in [-0.4, -0.2) is 27.5 Å². The molecule has 2 heterocycles. The standard InChI is InChI=1S/C19H14FN3O4S/c1-27-12-6-7-14-13(8-12)23-18(26)16(24)15(22-19(23)28-14)17(25)21-9-10-2-4-11(20)5-3-10/h2-8,24H,9H2,1H3,(H,21,25). The van der Waals surface area contributed by atoms with E-state index in [0.717, 1.165) is 4.70 Å². The van der Waals surface area contributed by atoms with E-state index in [1.807, 2.05) is 0 Å². The van der Waals surface area contributed by atoms with E-state index in [9.17, 15) is 19.1 Å². The number of ether oxygens (including phenoxy) is 1. The Bertz CT molecular complexity index is 1260. The van der Waals surface area contributed by atoms with Gasteiger partial charge in [-0.05, 0) is 29.8 Å². The minimum atomic E-state index is -0.739. The van der Waals surface area contributed by atoms with Gasteiger partial charge >= 0.3 is 5.56 Å². The Labute approximate surface area is 161 Å². The Morgan fingerprint density at radius 2 is 2.04 bits per heavy atom. The quantitative estimate of drug-likeness (QED) is 0.550. The molecule has 0 saturated carbocycles. The Hall–Kier alpha value is -3.46. The van der Waals surface area contributed by atoms with E-state index >= 15 is 0 Å². The predicted octanol–water partition coefficient (Wildman–Crippen LogP) is 2.69. The average molecular weight is 399 g/mol. The fourth-order valence-corrected chi connectivity index (χ4v) is 3.78. The maximum Gasteiger partial charge on any atom is 0.302 e. The smallest absolute Gasteiger partial charge is 0.302 e. The Morgan fingerprint density at radius 3 is 2.75 bits per heavy atom. The molecule has 142 valence electrons. The molecule has 0 unspecified atom stereocenters. The maximum atomic E-state index is 13.0. The first-order valence-electron chi connectivity index (χ1n) is 8.23. The van der Waals surface area contributed by atoms with Crippen LogP contribution in [0.25, 0.3) is 15.2 Å². The lowest BCUT2D eigenvalue weighted by Gasteiger charge is -2.07. The highest BCUT2D eigenvalue weighted by Gasteiger charge is 2.21. The zero-order chi connectivity index (χ0) is 19.8. The highest BCUT2D eigenvalue weighted by Crippen LogP contribution is 2.28. The molecule has 0 bridgehead atoms. The van der Waals surface area contributed by atoms with Crippen molar-refractivity contribution in [2.75, 3.05) is 7.11 Å². The van der Waals surface area contributed by atoms with Gasteiger partial charge in [-0.3, -0.25) is 9.59 Å². The first-order chi connectivity index (χ1) is 13.5. The van der Waals surface area contributed by atoms with E-state index in [0.29, 0.717) is 16.8 Å². The number of nitrogens with zero attached hydrogens (tertiary/aromatic N) is 2. The molecule has 28 heavy (non-hydrogen) atoms. The fraction of sp³-hybridized carbons (Fsp3) is 0.105. The minimum Gasteiger partial charge on any atom is -0.501 e. The number of rotatable bonds is 4. The number of hydrogen-bond donors (Lipinski definition) is 2. The highest BCUT2D eigenvalue weighted by molar-refractivity contribution is 7.23. The van der Waals surface area contributed by atoms with Crippen molar-refractivity contribution < 1.29 is 19.0 Å². The summed E-state index contributed by atoms with van der Waals surface area (Å²) in [6.07, 6.45) is 0. The molecule has 0 atom stereocenters. The van der Waals surface area contributed by atoms with E-state index in [4.69, 9.17) is 4.74 Å². The minimum absolute atomic E-state index is 0.100. The first-order valence-corrected chi connectivity index (χ1v) is 9.04. The van der Waals surface area contributed by atoms with Crippen LogP contribution in [0.2, 0.25) is 0 Å². The van der Waals surface area contributed by atoms with Crippen molar-refractivity contribution in [3.8, 4) is 11.5 Å². The number of aromatic nitrogens is 2. The second-order valence-corrected chi connectivity index (χ2v) is 6.99. The zero-order valence-corrected chi connectivity index (χ0v) is 15.4. The SMILES string of the molecule is COc1ccc2sc3nc(C(=O)NCc4ccc(F)cc4)c(O)c(=O)n3c2c1. The van der Waals surface area contributed by atoms with Crippen LogP contribution in [0, 0.1) is 5.82 Å². The van der Waals surface area contributed by atoms with Gasteiger partial charge in [0.25, 0.3) is 5.91 Å². The number of carbonyl (C=O) groups is 1. The number of amides is 1. The summed E-state index contributed by atoms with van der Waals surface area (Å²) >= 11 is 1.21. The van der Waals surface area contributed by atoms with Gasteiger partial charge in [-0.2, -0.15) is 0 Å². The summed E-state index contributed by atoms with van der Waals surface area (Å²) < 4.78 is 20.1. The third-order valence-electron chi connectivity index (χ3n) is 4.22. The van der Waals surface area contributed by atoms with Crippen LogP contribution >= 0.6 is 11.3 Å². The van der Waals surface area contributed by atoms with Crippen molar-refractivity contribution in [1.29, 1.82) is 0 Å². The second kappa shape index (κ2) is 6.93. The average Bonchev–Trinajstić information content (AvgIpc) is 3.07. The van der Waals surface area contributed by atoms with E-state index in [-0.39, 0.29) is 23.0 Å². The molecule has 4 rings (SSSR count). The molecule has 2 aromatic heterocycles. The normalized spacial score (nSPS) is 11.1. The molecule has 2 N–H and O–H groups in total. The van der Waals surface area contributed by atoms with Gasteiger partial charge < -0.3 is 15.2 Å². The van der Waals surface area contributed by atoms with Crippen LogP contribution in [0.4, 0.5) is 4.39 Å². The summed E-state index contributed by atoms with van der Waals surface area (Å²) in [5, 5.41) is 12.8. The topological polar surface area (TPSA) is 92.9 Å². The van der Waals surface area contributed by atoms with E-state index in [2.05, 4.69) is 10.3 Å². The van der Waals surface area contributed by atoms with Gasteiger partial charge in [-0.1, -0.05) is 23.5 Å². The van der Waals surface area contributed by atoms with Crippen molar-refractivity contribution in [3.05, 3.63) is 69.9 Å². The van der Waals surface area contributed by atoms with E-state index in [1.54, 1.807) is 18.2 Å². The molecule has 0 radical (unpaired) electrons. The third-order valence-corrected chi connectivity index (χ3v) is 5.24. The molecule has 0 aliphatic heterocycles. The molecular formula is C19H14FN3O4S. The number of hydrogen-bond acceptors (Lipinski definition) is 6. The summed E-state index contributed by atoms with van der Waals surface area (Å²) in [6.45, 7) is 0.100. The number of halogens is 1. The van der Waals surface area contributed by atoms with Gasteiger partial charge in [-0.15, -0.1) is 0 Å². The van der Waals surface area contributed by atoms with Crippen LogP contribution in [0.5, 0.6) is 11.5 Å². The van der Waals surface area contributed by atoms with Gasteiger partial charge in [0.1, 0.15) is 11.6 Å². The van der Waals surface area contributed by atoms with Gasteiger partial charge in [0, 0.05) is 12.6 Å². The molecule has 0 aliphatic carbocycles. The lowest BCUT2D eigenvalue weighted by molar-refractivity contribution is 0.0943. The number of nitrogens with one attached hydrogen (secondary N) is 1. The van der Waals surface area contributed by atoms with Crippen LogP contribution in [0.1, 0.15) is 16.1 Å². The third kappa shape index (κ3) is 3.05. The van der Waals surface area contributed by atoms with Gasteiger partial charge in [0.2, 0.25) is 5.75 Å². The Morgan fingerprint density at radius 1 is 1.29 bits per heavy atom. The molecule has 4 aromatic rings. The zero-order valence-electron chi connectivity index (χ0n) is 14.6. The second-order valence-electron chi connectivity index (χ2n) is 5.98. The molecular weight excluding hydrogens is 385 g/mol. The molecule has 9 heteroatoms. The van der Waals surface area contributed by atoms with Crippen LogP contribution < -0.4 is 15.6 Å². The molecule has 2 aromatic carbocycles. The van der Waals surface area contributed by atoms with Crippen LogP contribution in [0.3, 0.4) is 0 Å². The summed E-state index contributed by atoms with van der Waals surface area (Å²) in [5.41, 5.74) is 0.105. The molecule has 0 spiro atoms. The molecule has 0 saturated heterocycles. The summed E-state index contributed by atoms with van der Waals surface area (Å²) in [6, 6.07) is 10.8. The van der Waals surface area contributed by atoms with E-state index in [1.165, 1.54) is 47.1 Å². The lowest BCUT2D eigenvalue weighted by Crippen LogP contribution is -2.27. The van der Waals surface area contributed by atoms with Crippen molar-refractivity contribution in [2.45, 2.75) is 6.54 Å². The van der Waals surface area contributed by atoms with Crippen molar-refractivity contribution in [1.82, 2.24) is 14.7 Å². The lowest BCUT2D eigenvalue weighted by atomic mass is 10.2. The maximum absolute atomic E-state index is 13.0. The van der Waals surface area contributed by atoms with Gasteiger partial charge in [0.05, 0.1) is 17.3 Å². The number of thiazole rings is 1. The molecule has 0 fully saturated rings. The molecule has 0 aliphatic rings. The van der Waals surface area contributed by atoms with Crippen molar-refractivity contribution in [3.63, 3.8) is 0 Å². The van der Waals surface area contributed by atoms with E-state index < -0.39 is 17.2 Å². The highest BCUT2D eigenvalue weighted by atomic mass is 32.1. The molecule has 1 amide bonds. The van der Waals surface area contributed by atoms with Crippen LogP contribution in [0.15, 0.2) is 47.3 Å². The van der Waals surface area contributed by atoms with Crippen LogP contribution in [-0.2, 0) is 6.54 Å². The molecule has 7 nitrogen and oxygen atoms in total. The monoisotopic (exact) mass is 399 g/mol. The summed E-state index contributed by atoms with van der Waals surface area (Å²) in [4.78, 5) is 29.6.